The maximum absolute atomic E-state index is 11.4. The van der Waals surface area contributed by atoms with Gasteiger partial charge in [0.25, 0.3) is 0 Å². The highest BCUT2D eigenvalue weighted by molar-refractivity contribution is 5.76. The van der Waals surface area contributed by atoms with Gasteiger partial charge in [0.1, 0.15) is 0 Å². The maximum Gasteiger partial charge on any atom is 0.312 e. The van der Waals surface area contributed by atoms with E-state index in [0.717, 1.165) is 12.0 Å². The molecule has 0 amide bonds. The first-order chi connectivity index (χ1) is 10.5. The molecule has 2 aliphatic rings. The number of nitrogens with one attached hydrogen (secondary N) is 1. The Hall–Kier alpha value is -1.89. The zero-order chi connectivity index (χ0) is 15.8. The van der Waals surface area contributed by atoms with Gasteiger partial charge in [-0.1, -0.05) is 0 Å². The third-order valence-electron chi connectivity index (χ3n) is 4.60. The Morgan fingerprint density at radius 3 is 2.95 bits per heavy atom. The summed E-state index contributed by atoms with van der Waals surface area (Å²) in [4.78, 5) is 20.0. The SMILES string of the molecule is CCOc1nc(NCC23CCC(C(=O)O)(CO2)C3)ncc1C. The Bertz CT molecular complexity index is 582. The standard InChI is InChI=1S/C15H21N3O4/c1-3-21-11-10(2)6-16-13(18-11)17-8-15-5-4-14(7-15,9-22-15)12(19)20/h6H,3-5,7-9H2,1-2H3,(H,19,20)(H,16,17,18). The predicted octanol–water partition coefficient (Wildman–Crippen LogP) is 1.62. The van der Waals surface area contributed by atoms with Gasteiger partial charge in [0.05, 0.1) is 24.2 Å². The molecule has 3 rings (SSSR count). The van der Waals surface area contributed by atoms with Gasteiger partial charge in [-0.2, -0.15) is 4.98 Å². The van der Waals surface area contributed by atoms with Crippen molar-refractivity contribution in [2.45, 2.75) is 38.7 Å². The third-order valence-corrected chi connectivity index (χ3v) is 4.60. The Kier molecular flexibility index (Phi) is 3.68. The molecule has 1 aromatic heterocycles. The molecule has 2 atom stereocenters. The van der Waals surface area contributed by atoms with Crippen LogP contribution in [0, 0.1) is 12.3 Å². The maximum atomic E-state index is 11.4. The summed E-state index contributed by atoms with van der Waals surface area (Å²) in [6, 6.07) is 0. The quantitative estimate of drug-likeness (QED) is 0.824. The van der Waals surface area contributed by atoms with E-state index in [0.29, 0.717) is 44.4 Å². The number of carboxylic acid groups (broad SMARTS) is 1. The second-order valence-corrected chi connectivity index (χ2v) is 6.20. The Morgan fingerprint density at radius 1 is 1.55 bits per heavy atom. The largest absolute Gasteiger partial charge is 0.481 e. The average molecular weight is 307 g/mol. The molecule has 120 valence electrons. The van der Waals surface area contributed by atoms with Crippen LogP contribution in [0.3, 0.4) is 0 Å². The van der Waals surface area contributed by atoms with Crippen molar-refractivity contribution < 1.29 is 19.4 Å². The van der Waals surface area contributed by atoms with Crippen molar-refractivity contribution in [2.75, 3.05) is 25.1 Å². The van der Waals surface area contributed by atoms with E-state index in [1.807, 2.05) is 13.8 Å². The van der Waals surface area contributed by atoms with Crippen molar-refractivity contribution in [3.05, 3.63) is 11.8 Å². The van der Waals surface area contributed by atoms with Gasteiger partial charge in [-0.25, -0.2) is 4.98 Å². The van der Waals surface area contributed by atoms with Crippen molar-refractivity contribution in [1.29, 1.82) is 0 Å². The van der Waals surface area contributed by atoms with Gasteiger partial charge in [0.2, 0.25) is 11.8 Å². The zero-order valence-corrected chi connectivity index (χ0v) is 12.9. The Morgan fingerprint density at radius 2 is 2.36 bits per heavy atom. The summed E-state index contributed by atoms with van der Waals surface area (Å²) in [5.41, 5.74) is -0.238. The lowest BCUT2D eigenvalue weighted by molar-refractivity contribution is -0.150. The second kappa shape index (κ2) is 5.39. The van der Waals surface area contributed by atoms with Crippen LogP contribution >= 0.6 is 0 Å². The highest BCUT2D eigenvalue weighted by atomic mass is 16.5. The number of nitrogens with zero attached hydrogens (tertiary/aromatic N) is 2. The summed E-state index contributed by atoms with van der Waals surface area (Å²) >= 11 is 0. The van der Waals surface area contributed by atoms with E-state index in [2.05, 4.69) is 15.3 Å². The van der Waals surface area contributed by atoms with E-state index >= 15 is 0 Å². The lowest BCUT2D eigenvalue weighted by atomic mass is 9.88. The molecule has 2 unspecified atom stereocenters. The molecule has 2 fully saturated rings. The number of ether oxygens (including phenoxy) is 2. The molecule has 7 nitrogen and oxygen atoms in total. The number of fused-ring (bicyclic) bond motifs is 2. The molecule has 1 aliphatic heterocycles. The molecule has 7 heteroatoms. The highest BCUT2D eigenvalue weighted by Gasteiger charge is 2.59. The average Bonchev–Trinajstić information content (AvgIpc) is 3.06. The minimum Gasteiger partial charge on any atom is -0.481 e. The van der Waals surface area contributed by atoms with Crippen LogP contribution in [-0.4, -0.2) is 46.4 Å². The number of carboxylic acids is 1. The monoisotopic (exact) mass is 307 g/mol. The summed E-state index contributed by atoms with van der Waals surface area (Å²) in [6.07, 6.45) is 3.68. The second-order valence-electron chi connectivity index (χ2n) is 6.20. The van der Waals surface area contributed by atoms with Crippen LogP contribution < -0.4 is 10.1 Å². The Labute approximate surface area is 129 Å². The van der Waals surface area contributed by atoms with E-state index in [1.165, 1.54) is 0 Å². The first-order valence-electron chi connectivity index (χ1n) is 7.56. The number of carbonyl (C=O) groups is 1. The predicted molar refractivity (Wildman–Crippen MR) is 79.0 cm³/mol. The minimum absolute atomic E-state index is 0.295. The van der Waals surface area contributed by atoms with Crippen LogP contribution in [0.15, 0.2) is 6.20 Å². The molecule has 1 aliphatic carbocycles. The molecule has 0 radical (unpaired) electrons. The van der Waals surface area contributed by atoms with Crippen LogP contribution in [0.1, 0.15) is 31.7 Å². The van der Waals surface area contributed by atoms with Crippen LogP contribution in [0.5, 0.6) is 5.88 Å². The van der Waals surface area contributed by atoms with E-state index in [-0.39, 0.29) is 0 Å². The first kappa shape index (κ1) is 15.0. The van der Waals surface area contributed by atoms with Gasteiger partial charge in [0, 0.05) is 18.3 Å². The summed E-state index contributed by atoms with van der Waals surface area (Å²) in [6.45, 7) is 5.15. The van der Waals surface area contributed by atoms with E-state index in [1.54, 1.807) is 6.20 Å². The van der Waals surface area contributed by atoms with Crippen molar-refractivity contribution >= 4 is 11.9 Å². The third kappa shape index (κ3) is 2.49. The smallest absolute Gasteiger partial charge is 0.312 e. The number of hydrogen-bond acceptors (Lipinski definition) is 6. The van der Waals surface area contributed by atoms with Gasteiger partial charge in [-0.05, 0) is 33.1 Å². The molecule has 1 saturated carbocycles. The molecule has 2 N–H and O–H groups in total. The van der Waals surface area contributed by atoms with Gasteiger partial charge < -0.3 is 19.9 Å². The molecule has 1 aromatic rings. The van der Waals surface area contributed by atoms with Crippen LogP contribution in [0.4, 0.5) is 5.95 Å². The normalized spacial score (nSPS) is 29.5. The van der Waals surface area contributed by atoms with Crippen molar-refractivity contribution in [3.8, 4) is 5.88 Å². The highest BCUT2D eigenvalue weighted by Crippen LogP contribution is 2.53. The Balaban J connectivity index is 1.67. The fraction of sp³-hybridized carbons (Fsp3) is 0.667. The van der Waals surface area contributed by atoms with Gasteiger partial charge in [-0.3, -0.25) is 4.79 Å². The molecular formula is C15H21N3O4. The van der Waals surface area contributed by atoms with Gasteiger partial charge >= 0.3 is 5.97 Å². The van der Waals surface area contributed by atoms with E-state index in [9.17, 15) is 9.90 Å². The number of hydrogen-bond donors (Lipinski definition) is 2. The summed E-state index contributed by atoms with van der Waals surface area (Å²) in [5, 5.41) is 12.5. The number of anilines is 1. The topological polar surface area (TPSA) is 93.6 Å². The minimum atomic E-state index is -0.753. The number of rotatable bonds is 6. The number of aliphatic carboxylic acids is 1. The van der Waals surface area contributed by atoms with E-state index in [4.69, 9.17) is 9.47 Å². The van der Waals surface area contributed by atoms with Gasteiger partial charge in [-0.15, -0.1) is 0 Å². The lowest BCUT2D eigenvalue weighted by Crippen LogP contribution is -2.35. The molecule has 2 heterocycles. The molecule has 1 saturated heterocycles. The fourth-order valence-electron chi connectivity index (χ4n) is 3.28. The summed E-state index contributed by atoms with van der Waals surface area (Å²) in [7, 11) is 0. The van der Waals surface area contributed by atoms with Crippen LogP contribution in [0.2, 0.25) is 0 Å². The zero-order valence-electron chi connectivity index (χ0n) is 12.9. The van der Waals surface area contributed by atoms with Crippen LogP contribution in [0.25, 0.3) is 0 Å². The molecule has 0 aromatic carbocycles. The lowest BCUT2D eigenvalue weighted by Gasteiger charge is -2.27. The first-order valence-corrected chi connectivity index (χ1v) is 7.56. The molecule has 0 spiro atoms. The summed E-state index contributed by atoms with van der Waals surface area (Å²) in [5.74, 6) is 0.292. The summed E-state index contributed by atoms with van der Waals surface area (Å²) < 4.78 is 11.3. The molecule has 22 heavy (non-hydrogen) atoms. The van der Waals surface area contributed by atoms with Crippen molar-refractivity contribution in [2.24, 2.45) is 5.41 Å². The van der Waals surface area contributed by atoms with Crippen molar-refractivity contribution in [3.63, 3.8) is 0 Å². The molecular weight excluding hydrogens is 286 g/mol. The molecule has 2 bridgehead atoms. The fourth-order valence-corrected chi connectivity index (χ4v) is 3.28. The van der Waals surface area contributed by atoms with Gasteiger partial charge in [0.15, 0.2) is 0 Å². The van der Waals surface area contributed by atoms with E-state index < -0.39 is 17.0 Å². The van der Waals surface area contributed by atoms with Crippen LogP contribution in [-0.2, 0) is 9.53 Å². The number of aromatic nitrogens is 2. The number of aryl methyl sites for hydroxylation is 1. The van der Waals surface area contributed by atoms with Crippen molar-refractivity contribution in [1.82, 2.24) is 9.97 Å².